The molecule has 13 heteroatoms. The molecule has 0 aliphatic carbocycles. The summed E-state index contributed by atoms with van der Waals surface area (Å²) in [5.41, 5.74) is 4.01. The molecule has 0 unspecified atom stereocenters. The number of halogens is 1. The lowest BCUT2D eigenvalue weighted by atomic mass is 9.98. The molecule has 3 aliphatic heterocycles. The maximum Gasteiger partial charge on any atom is 0.318 e. The maximum atomic E-state index is 13.6. The lowest BCUT2D eigenvalue weighted by Gasteiger charge is -2.42. The van der Waals surface area contributed by atoms with Crippen LogP contribution in [0.4, 0.5) is 11.5 Å². The molecule has 55 heavy (non-hydrogen) atoms. The number of anilines is 2. The molecule has 2 fully saturated rings. The van der Waals surface area contributed by atoms with E-state index in [4.69, 9.17) is 31.0 Å². The van der Waals surface area contributed by atoms with E-state index in [1.54, 1.807) is 23.0 Å². The number of amides is 2. The quantitative estimate of drug-likeness (QED) is 0.182. The molecule has 3 aliphatic rings. The van der Waals surface area contributed by atoms with Gasteiger partial charge < -0.3 is 34.2 Å². The zero-order chi connectivity index (χ0) is 38.8. The van der Waals surface area contributed by atoms with E-state index >= 15 is 0 Å². The second-order valence-corrected chi connectivity index (χ2v) is 15.1. The SMILES string of the molecule is C=CC(=O)N1CCN(c2nc(OC[C@@H]3CCN(C(=O)c4cc(C(C)C)c(OC)cc4O)C3)nc3c2CCN(c2cccc4cccc(Cl)c24)C3)C[C@@H]1CC#N. The van der Waals surface area contributed by atoms with Gasteiger partial charge in [0.15, 0.2) is 0 Å². The van der Waals surface area contributed by atoms with E-state index < -0.39 is 0 Å². The number of nitrogens with zero attached hydrogens (tertiary/aromatic N) is 7. The third-order valence-electron chi connectivity index (χ3n) is 11.0. The molecule has 2 saturated heterocycles. The summed E-state index contributed by atoms with van der Waals surface area (Å²) in [5.74, 6) is 0.917. The molecular formula is C42H46ClN7O5. The minimum atomic E-state index is -0.319. The molecule has 2 atom stereocenters. The third kappa shape index (κ3) is 7.58. The number of likely N-dealkylation sites (tertiary alicyclic amines) is 1. The fourth-order valence-electron chi connectivity index (χ4n) is 8.10. The van der Waals surface area contributed by atoms with Crippen LogP contribution in [-0.4, -0.2) is 95.7 Å². The van der Waals surface area contributed by atoms with Crippen LogP contribution in [0.3, 0.4) is 0 Å². The number of methoxy groups -OCH3 is 1. The summed E-state index contributed by atoms with van der Waals surface area (Å²) in [5, 5.41) is 23.1. The van der Waals surface area contributed by atoms with Crippen LogP contribution in [0.25, 0.3) is 10.8 Å². The Kier molecular flexibility index (Phi) is 11.0. The van der Waals surface area contributed by atoms with Crippen molar-refractivity contribution in [1.29, 1.82) is 5.26 Å². The first-order valence-electron chi connectivity index (χ1n) is 18.8. The molecule has 7 rings (SSSR count). The number of aromatic nitrogens is 2. The van der Waals surface area contributed by atoms with Crippen LogP contribution < -0.4 is 19.3 Å². The summed E-state index contributed by atoms with van der Waals surface area (Å²) in [6.45, 7) is 11.6. The first-order chi connectivity index (χ1) is 26.6. The number of carbonyl (C=O) groups is 2. The number of fused-ring (bicyclic) bond motifs is 2. The summed E-state index contributed by atoms with van der Waals surface area (Å²) >= 11 is 6.75. The van der Waals surface area contributed by atoms with E-state index in [0.29, 0.717) is 63.1 Å². The van der Waals surface area contributed by atoms with Crippen LogP contribution in [0, 0.1) is 17.2 Å². The number of aromatic hydroxyl groups is 1. The summed E-state index contributed by atoms with van der Waals surface area (Å²) in [7, 11) is 1.55. The maximum absolute atomic E-state index is 13.6. The van der Waals surface area contributed by atoms with Gasteiger partial charge in [-0.25, -0.2) is 0 Å². The van der Waals surface area contributed by atoms with Crippen LogP contribution in [-0.2, 0) is 17.8 Å². The standard InChI is InChI=1S/C42H46ClN7O5/c1-5-38(52)50-19-18-48(23-29(50)12-15-44)40-30-14-17-47(35-11-7-9-28-8-6-10-33(43)39(28)35)24-34(30)45-42(46-40)55-25-27-13-16-49(22-27)41(53)32-20-31(26(2)3)37(54-4)21-36(32)51/h5-11,20-21,26-27,29,51H,1,12-14,16-19,22-25H2,2-4H3/t27-,29+/m1/s1. The Bertz CT molecular complexity index is 2170. The molecule has 2 amide bonds. The van der Waals surface area contributed by atoms with Gasteiger partial charge in [0.05, 0.1) is 55.1 Å². The Hall–Kier alpha value is -5.54. The van der Waals surface area contributed by atoms with Gasteiger partial charge in [0, 0.05) is 67.9 Å². The molecule has 0 saturated carbocycles. The Labute approximate surface area is 326 Å². The van der Waals surface area contributed by atoms with Gasteiger partial charge in [-0.1, -0.05) is 56.3 Å². The first-order valence-corrected chi connectivity index (χ1v) is 19.2. The second kappa shape index (κ2) is 16.1. The Morgan fingerprint density at radius 2 is 1.89 bits per heavy atom. The normalized spacial score (nSPS) is 18.3. The van der Waals surface area contributed by atoms with Gasteiger partial charge in [0.2, 0.25) is 5.91 Å². The lowest BCUT2D eigenvalue weighted by Crippen LogP contribution is -2.55. The van der Waals surface area contributed by atoms with Crippen LogP contribution in [0.2, 0.25) is 5.02 Å². The number of hydrogen-bond donors (Lipinski definition) is 1. The van der Waals surface area contributed by atoms with E-state index in [-0.39, 0.29) is 53.4 Å². The highest BCUT2D eigenvalue weighted by molar-refractivity contribution is 6.36. The topological polar surface area (TPSA) is 135 Å². The van der Waals surface area contributed by atoms with Crippen molar-refractivity contribution in [2.45, 2.75) is 51.6 Å². The van der Waals surface area contributed by atoms with E-state index in [1.165, 1.54) is 12.1 Å². The molecule has 4 aromatic rings. The van der Waals surface area contributed by atoms with Crippen molar-refractivity contribution in [3.63, 3.8) is 0 Å². The fourth-order valence-corrected chi connectivity index (χ4v) is 8.37. The smallest absolute Gasteiger partial charge is 0.318 e. The minimum absolute atomic E-state index is 0.0276. The highest BCUT2D eigenvalue weighted by Gasteiger charge is 2.34. The number of ether oxygens (including phenoxy) is 2. The third-order valence-corrected chi connectivity index (χ3v) is 11.3. The van der Waals surface area contributed by atoms with Crippen molar-refractivity contribution < 1.29 is 24.2 Å². The van der Waals surface area contributed by atoms with Crippen molar-refractivity contribution in [2.24, 2.45) is 5.92 Å². The van der Waals surface area contributed by atoms with Gasteiger partial charge in [-0.05, 0) is 54.0 Å². The van der Waals surface area contributed by atoms with Gasteiger partial charge >= 0.3 is 6.01 Å². The number of benzene rings is 3. The van der Waals surface area contributed by atoms with Crippen molar-refractivity contribution in [1.82, 2.24) is 19.8 Å². The molecule has 1 aromatic heterocycles. The molecule has 0 radical (unpaired) electrons. The highest BCUT2D eigenvalue weighted by Crippen LogP contribution is 2.38. The van der Waals surface area contributed by atoms with Gasteiger partial charge in [-0.2, -0.15) is 15.2 Å². The molecule has 0 bridgehead atoms. The number of phenols is 1. The van der Waals surface area contributed by atoms with E-state index in [1.807, 2.05) is 32.0 Å². The van der Waals surface area contributed by atoms with Crippen molar-refractivity contribution >= 4 is 45.7 Å². The highest BCUT2D eigenvalue weighted by atomic mass is 35.5. The predicted octanol–water partition coefficient (Wildman–Crippen LogP) is 6.34. The summed E-state index contributed by atoms with van der Waals surface area (Å²) < 4.78 is 11.8. The average molecular weight is 764 g/mol. The van der Waals surface area contributed by atoms with E-state index in [2.05, 4.69) is 40.6 Å². The number of rotatable bonds is 10. The molecular weight excluding hydrogens is 718 g/mol. The summed E-state index contributed by atoms with van der Waals surface area (Å²) in [6.07, 6.45) is 2.89. The Morgan fingerprint density at radius 1 is 1.09 bits per heavy atom. The van der Waals surface area contributed by atoms with Gasteiger partial charge in [0.1, 0.15) is 17.3 Å². The zero-order valence-electron chi connectivity index (χ0n) is 31.5. The van der Waals surface area contributed by atoms with Crippen LogP contribution in [0.5, 0.6) is 17.5 Å². The van der Waals surface area contributed by atoms with Gasteiger partial charge in [0.25, 0.3) is 5.91 Å². The summed E-state index contributed by atoms with van der Waals surface area (Å²) in [4.78, 5) is 44.2. The minimum Gasteiger partial charge on any atom is -0.507 e. The number of piperazine rings is 1. The van der Waals surface area contributed by atoms with Crippen LogP contribution in [0.15, 0.2) is 61.2 Å². The second-order valence-electron chi connectivity index (χ2n) is 14.7. The Balaban J connectivity index is 1.14. The van der Waals surface area contributed by atoms with Crippen molar-refractivity contribution in [3.05, 3.63) is 88.6 Å². The molecule has 12 nitrogen and oxygen atoms in total. The Morgan fingerprint density at radius 3 is 2.64 bits per heavy atom. The van der Waals surface area contributed by atoms with E-state index in [0.717, 1.165) is 52.1 Å². The van der Waals surface area contributed by atoms with Gasteiger partial charge in [-0.15, -0.1) is 0 Å². The first kappa shape index (κ1) is 37.8. The summed E-state index contributed by atoms with van der Waals surface area (Å²) in [6, 6.07) is 17.5. The van der Waals surface area contributed by atoms with Gasteiger partial charge in [-0.3, -0.25) is 9.59 Å². The molecule has 286 valence electrons. The number of nitriles is 1. The van der Waals surface area contributed by atoms with Crippen LogP contribution in [0.1, 0.15) is 59.8 Å². The van der Waals surface area contributed by atoms with Crippen LogP contribution >= 0.6 is 11.6 Å². The van der Waals surface area contributed by atoms with Crippen molar-refractivity contribution in [2.75, 3.05) is 62.8 Å². The molecule has 1 N–H and O–H groups in total. The van der Waals surface area contributed by atoms with E-state index in [9.17, 15) is 20.0 Å². The molecule has 4 heterocycles. The number of carbonyl (C=O) groups excluding carboxylic acids is 2. The predicted molar refractivity (Wildman–Crippen MR) is 212 cm³/mol. The monoisotopic (exact) mass is 763 g/mol. The largest absolute Gasteiger partial charge is 0.507 e. The number of phenolic OH excluding ortho intramolecular Hbond substituents is 1. The molecule has 0 spiro atoms. The fraction of sp³-hybridized carbons (Fsp3) is 0.405. The lowest BCUT2D eigenvalue weighted by molar-refractivity contribution is -0.128. The zero-order valence-corrected chi connectivity index (χ0v) is 32.3. The van der Waals surface area contributed by atoms with Crippen molar-refractivity contribution in [3.8, 4) is 23.6 Å². The molecule has 3 aromatic carbocycles. The average Bonchev–Trinajstić information content (AvgIpc) is 3.68. The number of hydrogen-bond acceptors (Lipinski definition) is 10.